The molecule has 0 saturated heterocycles. The average molecular weight is 424 g/mol. The van der Waals surface area contributed by atoms with E-state index in [1.54, 1.807) is 18.2 Å². The molecular weight excluding hydrogens is 400 g/mol. The molecule has 0 spiro atoms. The lowest BCUT2D eigenvalue weighted by molar-refractivity contribution is -0.144. The van der Waals surface area contributed by atoms with Crippen LogP contribution in [0.5, 0.6) is 11.5 Å². The molecule has 3 rings (SSSR count). The largest absolute Gasteiger partial charge is 0.493 e. The number of benzene rings is 2. The number of anilines is 2. The SMILES string of the molecule is CCOc1cc(-c2cc(C)cc(OC(C)C(=O)O)c2)ccc1-c1nc(N)c(N)c(=O)[nH]1. The third kappa shape index (κ3) is 4.77. The Kier molecular flexibility index (Phi) is 6.15. The fraction of sp³-hybridized carbons (Fsp3) is 0.227. The predicted molar refractivity (Wildman–Crippen MR) is 118 cm³/mol. The summed E-state index contributed by atoms with van der Waals surface area (Å²) in [6.45, 7) is 5.60. The number of carboxylic acids is 1. The van der Waals surface area contributed by atoms with Gasteiger partial charge in [0, 0.05) is 0 Å². The summed E-state index contributed by atoms with van der Waals surface area (Å²) in [6.07, 6.45) is -0.977. The smallest absolute Gasteiger partial charge is 0.344 e. The van der Waals surface area contributed by atoms with Gasteiger partial charge in [-0.2, -0.15) is 0 Å². The Balaban J connectivity index is 2.06. The summed E-state index contributed by atoms with van der Waals surface area (Å²) in [7, 11) is 0. The monoisotopic (exact) mass is 424 g/mol. The van der Waals surface area contributed by atoms with Crippen molar-refractivity contribution in [1.82, 2.24) is 9.97 Å². The number of nitrogens with one attached hydrogen (secondary N) is 1. The van der Waals surface area contributed by atoms with E-state index in [0.29, 0.717) is 23.7 Å². The molecule has 9 nitrogen and oxygen atoms in total. The van der Waals surface area contributed by atoms with Crippen molar-refractivity contribution in [1.29, 1.82) is 0 Å². The molecule has 6 N–H and O–H groups in total. The van der Waals surface area contributed by atoms with Gasteiger partial charge in [0.1, 0.15) is 23.0 Å². The topological polar surface area (TPSA) is 154 Å². The van der Waals surface area contributed by atoms with E-state index in [2.05, 4.69) is 9.97 Å². The van der Waals surface area contributed by atoms with Gasteiger partial charge in [0.05, 0.1) is 12.2 Å². The van der Waals surface area contributed by atoms with Crippen molar-refractivity contribution in [2.75, 3.05) is 18.1 Å². The number of hydrogen-bond donors (Lipinski definition) is 4. The van der Waals surface area contributed by atoms with Gasteiger partial charge in [-0.1, -0.05) is 12.1 Å². The van der Waals surface area contributed by atoms with Crippen LogP contribution in [-0.4, -0.2) is 33.8 Å². The number of nitrogens with zero attached hydrogens (tertiary/aromatic N) is 1. The number of nitrogens with two attached hydrogens (primary N) is 2. The molecule has 0 saturated carbocycles. The lowest BCUT2D eigenvalue weighted by atomic mass is 10.0. The third-order valence-electron chi connectivity index (χ3n) is 4.57. The Morgan fingerprint density at radius 3 is 2.58 bits per heavy atom. The van der Waals surface area contributed by atoms with Gasteiger partial charge in [-0.05, 0) is 61.7 Å². The number of rotatable bonds is 7. The van der Waals surface area contributed by atoms with E-state index in [4.69, 9.17) is 26.0 Å². The molecule has 162 valence electrons. The van der Waals surface area contributed by atoms with E-state index in [9.17, 15) is 9.59 Å². The van der Waals surface area contributed by atoms with Crippen LogP contribution < -0.4 is 26.5 Å². The normalized spacial score (nSPS) is 11.7. The maximum Gasteiger partial charge on any atom is 0.344 e. The first-order valence-electron chi connectivity index (χ1n) is 9.63. The van der Waals surface area contributed by atoms with Gasteiger partial charge >= 0.3 is 5.97 Å². The van der Waals surface area contributed by atoms with Gasteiger partial charge in [-0.25, -0.2) is 9.78 Å². The Bertz CT molecular complexity index is 1190. The number of aryl methyl sites for hydroxylation is 1. The number of H-pyrrole nitrogens is 1. The van der Waals surface area contributed by atoms with Crippen molar-refractivity contribution in [3.8, 4) is 34.0 Å². The summed E-state index contributed by atoms with van der Waals surface area (Å²) in [5, 5.41) is 9.10. The second-order valence-corrected chi connectivity index (χ2v) is 6.99. The van der Waals surface area contributed by atoms with Crippen LogP contribution in [0.15, 0.2) is 41.2 Å². The van der Waals surface area contributed by atoms with Crippen LogP contribution in [0.1, 0.15) is 19.4 Å². The lowest BCUT2D eigenvalue weighted by Gasteiger charge is -2.15. The van der Waals surface area contributed by atoms with Crippen LogP contribution in [0.3, 0.4) is 0 Å². The van der Waals surface area contributed by atoms with E-state index in [-0.39, 0.29) is 17.3 Å². The number of nitrogen functional groups attached to an aromatic ring is 2. The molecule has 1 aromatic heterocycles. The minimum absolute atomic E-state index is 0.0571. The van der Waals surface area contributed by atoms with E-state index in [0.717, 1.165) is 16.7 Å². The maximum absolute atomic E-state index is 12.0. The summed E-state index contributed by atoms with van der Waals surface area (Å²) in [5.41, 5.74) is 13.8. The number of ether oxygens (including phenoxy) is 2. The summed E-state index contributed by atoms with van der Waals surface area (Å²) < 4.78 is 11.3. The van der Waals surface area contributed by atoms with Crippen molar-refractivity contribution < 1.29 is 19.4 Å². The zero-order chi connectivity index (χ0) is 22.7. The van der Waals surface area contributed by atoms with E-state index in [1.165, 1.54) is 6.92 Å². The molecule has 0 amide bonds. The van der Waals surface area contributed by atoms with Gasteiger partial charge in [-0.15, -0.1) is 0 Å². The number of carbonyl (C=O) groups is 1. The molecular formula is C22H24N4O5. The third-order valence-corrected chi connectivity index (χ3v) is 4.57. The summed E-state index contributed by atoms with van der Waals surface area (Å²) in [5.74, 6) is 0.0864. The Hall–Kier alpha value is -4.01. The molecule has 9 heteroatoms. The zero-order valence-corrected chi connectivity index (χ0v) is 17.4. The molecule has 0 aliphatic heterocycles. The van der Waals surface area contributed by atoms with Gasteiger partial charge in [0.15, 0.2) is 11.9 Å². The highest BCUT2D eigenvalue weighted by molar-refractivity contribution is 5.76. The average Bonchev–Trinajstić information content (AvgIpc) is 2.71. The highest BCUT2D eigenvalue weighted by Crippen LogP contribution is 2.34. The standard InChI is InChI=1S/C22H24N4O5/c1-4-30-17-10-13(5-6-16(17)20-25-19(24)18(23)21(27)26-20)14-7-11(2)8-15(9-14)31-12(3)22(28)29/h5-10,12H,4,23H2,1-3H3,(H,28,29)(H3,24,25,26,27). The van der Waals surface area contributed by atoms with E-state index < -0.39 is 17.6 Å². The van der Waals surface area contributed by atoms with Gasteiger partial charge in [0.25, 0.3) is 5.56 Å². The zero-order valence-electron chi connectivity index (χ0n) is 17.4. The molecule has 0 aliphatic rings. The fourth-order valence-corrected chi connectivity index (χ4v) is 3.04. The van der Waals surface area contributed by atoms with Crippen LogP contribution in [-0.2, 0) is 4.79 Å². The van der Waals surface area contributed by atoms with E-state index in [1.807, 2.05) is 32.0 Å². The summed E-state index contributed by atoms with van der Waals surface area (Å²) >= 11 is 0. The molecule has 0 radical (unpaired) electrons. The molecule has 0 bridgehead atoms. The van der Waals surface area contributed by atoms with Crippen LogP contribution in [0.4, 0.5) is 11.5 Å². The summed E-state index contributed by atoms with van der Waals surface area (Å²) in [6, 6.07) is 10.9. The van der Waals surface area contributed by atoms with Gasteiger partial charge < -0.3 is 31.0 Å². The van der Waals surface area contributed by atoms with Crippen molar-refractivity contribution >= 4 is 17.5 Å². The molecule has 0 aliphatic carbocycles. The molecule has 3 aromatic rings. The number of hydrogen-bond acceptors (Lipinski definition) is 7. The van der Waals surface area contributed by atoms with Crippen molar-refractivity contribution in [3.05, 3.63) is 52.3 Å². The van der Waals surface area contributed by atoms with Crippen molar-refractivity contribution in [2.24, 2.45) is 0 Å². The Labute approximate surface area is 178 Å². The quantitative estimate of drug-likeness (QED) is 0.451. The molecule has 0 fully saturated rings. The fourth-order valence-electron chi connectivity index (χ4n) is 3.04. The van der Waals surface area contributed by atoms with Crippen LogP contribution in [0, 0.1) is 6.92 Å². The number of carboxylic acid groups (broad SMARTS) is 1. The Morgan fingerprint density at radius 1 is 1.19 bits per heavy atom. The molecule has 31 heavy (non-hydrogen) atoms. The van der Waals surface area contributed by atoms with Crippen LogP contribution >= 0.6 is 0 Å². The molecule has 1 unspecified atom stereocenters. The number of aromatic amines is 1. The Morgan fingerprint density at radius 2 is 1.94 bits per heavy atom. The minimum atomic E-state index is -1.05. The van der Waals surface area contributed by atoms with Gasteiger partial charge in [0.2, 0.25) is 0 Å². The van der Waals surface area contributed by atoms with E-state index >= 15 is 0 Å². The second-order valence-electron chi connectivity index (χ2n) is 6.99. The molecule has 1 heterocycles. The van der Waals surface area contributed by atoms with Crippen molar-refractivity contribution in [3.63, 3.8) is 0 Å². The van der Waals surface area contributed by atoms with Crippen LogP contribution in [0.2, 0.25) is 0 Å². The lowest BCUT2D eigenvalue weighted by Crippen LogP contribution is -2.22. The maximum atomic E-state index is 12.0. The highest BCUT2D eigenvalue weighted by atomic mass is 16.5. The summed E-state index contributed by atoms with van der Waals surface area (Å²) in [4.78, 5) is 29.9. The molecule has 1 atom stereocenters. The van der Waals surface area contributed by atoms with Gasteiger partial charge in [-0.3, -0.25) is 4.79 Å². The minimum Gasteiger partial charge on any atom is -0.493 e. The molecule has 2 aromatic carbocycles. The highest BCUT2D eigenvalue weighted by Gasteiger charge is 2.16. The van der Waals surface area contributed by atoms with Crippen molar-refractivity contribution in [2.45, 2.75) is 26.9 Å². The first-order chi connectivity index (χ1) is 14.7. The second kappa shape index (κ2) is 8.78. The van der Waals surface area contributed by atoms with Crippen LogP contribution in [0.25, 0.3) is 22.5 Å². The number of aromatic nitrogens is 2. The number of aliphatic carboxylic acids is 1. The first kappa shape index (κ1) is 21.7. The predicted octanol–water partition coefficient (Wildman–Crippen LogP) is 2.83. The first-order valence-corrected chi connectivity index (χ1v) is 9.63.